The first-order valence-corrected chi connectivity index (χ1v) is 7.81. The molecule has 4 rings (SSSR count). The molecule has 0 N–H and O–H groups in total. The van der Waals surface area contributed by atoms with Crippen molar-refractivity contribution < 1.29 is 0 Å². The molecular weight excluding hydrogens is 268 g/mol. The molecule has 1 aliphatic rings. The van der Waals surface area contributed by atoms with E-state index in [0.29, 0.717) is 0 Å². The van der Waals surface area contributed by atoms with Gasteiger partial charge >= 0.3 is 0 Å². The Morgan fingerprint density at radius 3 is 2.77 bits per heavy atom. The van der Waals surface area contributed by atoms with Gasteiger partial charge in [-0.3, -0.25) is 0 Å². The third kappa shape index (κ3) is 1.87. The standard InChI is InChI=1S/C20H20N2/c1-4-15-5-6-17-13-22(14(2)19(17)11-15)18-7-8-20-16(12-18)9-10-21(20)3/h5-12H,2,4,13H2,1,3H3. The smallest absolute Gasteiger partial charge is 0.0488 e. The van der Waals surface area contributed by atoms with E-state index >= 15 is 0 Å². The number of aryl methyl sites for hydroxylation is 2. The van der Waals surface area contributed by atoms with Crippen LogP contribution in [0.15, 0.2) is 55.2 Å². The molecule has 22 heavy (non-hydrogen) atoms. The molecule has 1 aliphatic heterocycles. The van der Waals surface area contributed by atoms with Gasteiger partial charge in [-0.15, -0.1) is 0 Å². The minimum atomic E-state index is 0.913. The third-order valence-corrected chi connectivity index (χ3v) is 4.73. The molecule has 0 bridgehead atoms. The van der Waals surface area contributed by atoms with Crippen molar-refractivity contribution >= 4 is 22.3 Å². The molecule has 0 saturated carbocycles. The summed E-state index contributed by atoms with van der Waals surface area (Å²) in [5.41, 5.74) is 7.64. The van der Waals surface area contributed by atoms with Crippen LogP contribution in [0.4, 0.5) is 5.69 Å². The highest BCUT2D eigenvalue weighted by Gasteiger charge is 2.23. The maximum atomic E-state index is 4.33. The molecule has 0 unspecified atom stereocenters. The molecule has 0 spiro atoms. The summed E-state index contributed by atoms with van der Waals surface area (Å²) in [5, 5.41) is 1.28. The van der Waals surface area contributed by atoms with Crippen LogP contribution >= 0.6 is 0 Å². The number of fused-ring (bicyclic) bond motifs is 2. The highest BCUT2D eigenvalue weighted by atomic mass is 15.2. The third-order valence-electron chi connectivity index (χ3n) is 4.73. The second-order valence-corrected chi connectivity index (χ2v) is 6.05. The fraction of sp³-hybridized carbons (Fsp3) is 0.200. The summed E-state index contributed by atoms with van der Waals surface area (Å²) in [5.74, 6) is 0. The van der Waals surface area contributed by atoms with E-state index < -0.39 is 0 Å². The van der Waals surface area contributed by atoms with Crippen LogP contribution in [0.5, 0.6) is 0 Å². The Labute approximate surface area is 131 Å². The van der Waals surface area contributed by atoms with Gasteiger partial charge in [-0.1, -0.05) is 25.6 Å². The van der Waals surface area contributed by atoms with Crippen LogP contribution in [0.1, 0.15) is 23.6 Å². The molecule has 0 atom stereocenters. The Hall–Kier alpha value is -2.48. The highest BCUT2D eigenvalue weighted by Crippen LogP contribution is 2.37. The second-order valence-electron chi connectivity index (χ2n) is 6.05. The number of hydrogen-bond acceptors (Lipinski definition) is 1. The van der Waals surface area contributed by atoms with Crippen molar-refractivity contribution in [1.82, 2.24) is 4.57 Å². The van der Waals surface area contributed by atoms with Gasteiger partial charge in [0.25, 0.3) is 0 Å². The summed E-state index contributed by atoms with van der Waals surface area (Å²) in [6, 6.07) is 15.6. The minimum absolute atomic E-state index is 0.913. The zero-order valence-electron chi connectivity index (χ0n) is 13.1. The van der Waals surface area contributed by atoms with Crippen molar-refractivity contribution in [3.05, 3.63) is 71.9 Å². The van der Waals surface area contributed by atoms with E-state index in [1.165, 1.54) is 33.3 Å². The zero-order valence-corrected chi connectivity index (χ0v) is 13.1. The van der Waals surface area contributed by atoms with Gasteiger partial charge in [0.2, 0.25) is 0 Å². The first-order valence-electron chi connectivity index (χ1n) is 7.81. The average molecular weight is 288 g/mol. The number of aromatic nitrogens is 1. The summed E-state index contributed by atoms with van der Waals surface area (Å²) in [6.45, 7) is 7.44. The first kappa shape index (κ1) is 13.2. The molecule has 110 valence electrons. The molecule has 0 fully saturated rings. The van der Waals surface area contributed by atoms with Crippen LogP contribution in [0.2, 0.25) is 0 Å². The molecule has 2 heteroatoms. The summed E-state index contributed by atoms with van der Waals surface area (Å²) in [4.78, 5) is 2.32. The maximum Gasteiger partial charge on any atom is 0.0488 e. The van der Waals surface area contributed by atoms with E-state index in [1.807, 2.05) is 0 Å². The van der Waals surface area contributed by atoms with Crippen molar-refractivity contribution in [3.8, 4) is 0 Å². The fourth-order valence-corrected chi connectivity index (χ4v) is 3.35. The molecule has 3 aromatic rings. The summed E-state index contributed by atoms with van der Waals surface area (Å²) < 4.78 is 2.15. The summed E-state index contributed by atoms with van der Waals surface area (Å²) >= 11 is 0. The topological polar surface area (TPSA) is 8.17 Å². The number of anilines is 1. The number of rotatable bonds is 2. The Bertz CT molecular complexity index is 886. The van der Waals surface area contributed by atoms with Crippen molar-refractivity contribution in [1.29, 1.82) is 0 Å². The molecule has 2 aromatic carbocycles. The van der Waals surface area contributed by atoms with Crippen LogP contribution in [0.3, 0.4) is 0 Å². The number of benzene rings is 2. The molecule has 0 amide bonds. The lowest BCUT2D eigenvalue weighted by atomic mass is 10.0. The molecule has 0 aliphatic carbocycles. The zero-order chi connectivity index (χ0) is 15.3. The van der Waals surface area contributed by atoms with Crippen LogP contribution in [-0.2, 0) is 20.0 Å². The molecule has 0 saturated heterocycles. The second kappa shape index (κ2) is 4.77. The van der Waals surface area contributed by atoms with Crippen LogP contribution in [0, 0.1) is 0 Å². The highest BCUT2D eigenvalue weighted by molar-refractivity contribution is 5.89. The van der Waals surface area contributed by atoms with E-state index in [2.05, 4.69) is 78.7 Å². The SMILES string of the molecule is C=C1c2cc(CC)ccc2CN1c1ccc2c(ccn2C)c1. The Kier molecular flexibility index (Phi) is 2.86. The van der Waals surface area contributed by atoms with E-state index in [-0.39, 0.29) is 0 Å². The maximum absolute atomic E-state index is 4.33. The van der Waals surface area contributed by atoms with Gasteiger partial charge in [0, 0.05) is 47.6 Å². The van der Waals surface area contributed by atoms with Gasteiger partial charge in [0.1, 0.15) is 0 Å². The fourth-order valence-electron chi connectivity index (χ4n) is 3.35. The minimum Gasteiger partial charge on any atom is -0.351 e. The lowest BCUT2D eigenvalue weighted by Gasteiger charge is -2.19. The van der Waals surface area contributed by atoms with E-state index in [0.717, 1.165) is 18.7 Å². The van der Waals surface area contributed by atoms with Gasteiger partial charge in [0.15, 0.2) is 0 Å². The predicted octanol–water partition coefficient (Wildman–Crippen LogP) is 4.73. The lowest BCUT2D eigenvalue weighted by molar-refractivity contribution is 0.968. The van der Waals surface area contributed by atoms with Crippen LogP contribution in [0.25, 0.3) is 16.6 Å². The Morgan fingerprint density at radius 2 is 1.95 bits per heavy atom. The number of hydrogen-bond donors (Lipinski definition) is 0. The van der Waals surface area contributed by atoms with E-state index in [1.54, 1.807) is 0 Å². The van der Waals surface area contributed by atoms with Gasteiger partial charge in [-0.25, -0.2) is 0 Å². The molecule has 0 radical (unpaired) electrons. The van der Waals surface area contributed by atoms with Crippen LogP contribution < -0.4 is 4.90 Å². The van der Waals surface area contributed by atoms with Gasteiger partial charge < -0.3 is 9.47 Å². The summed E-state index contributed by atoms with van der Waals surface area (Å²) in [7, 11) is 2.08. The largest absolute Gasteiger partial charge is 0.351 e. The van der Waals surface area contributed by atoms with E-state index in [4.69, 9.17) is 0 Å². The first-order chi connectivity index (χ1) is 10.7. The molecule has 2 nitrogen and oxygen atoms in total. The summed E-state index contributed by atoms with van der Waals surface area (Å²) in [6.07, 6.45) is 3.17. The van der Waals surface area contributed by atoms with Crippen molar-refractivity contribution in [2.75, 3.05) is 4.90 Å². The molecule has 2 heterocycles. The van der Waals surface area contributed by atoms with E-state index in [9.17, 15) is 0 Å². The normalized spacial score (nSPS) is 13.9. The molecule has 1 aromatic heterocycles. The Morgan fingerprint density at radius 1 is 1.09 bits per heavy atom. The Balaban J connectivity index is 1.75. The van der Waals surface area contributed by atoms with Crippen molar-refractivity contribution in [2.24, 2.45) is 7.05 Å². The van der Waals surface area contributed by atoms with Gasteiger partial charge in [0.05, 0.1) is 0 Å². The van der Waals surface area contributed by atoms with Crippen LogP contribution in [-0.4, -0.2) is 4.57 Å². The van der Waals surface area contributed by atoms with Crippen molar-refractivity contribution in [3.63, 3.8) is 0 Å². The monoisotopic (exact) mass is 288 g/mol. The quantitative estimate of drug-likeness (QED) is 0.661. The predicted molar refractivity (Wildman–Crippen MR) is 94.0 cm³/mol. The lowest BCUT2D eigenvalue weighted by Crippen LogP contribution is -2.12. The average Bonchev–Trinajstić information content (AvgIpc) is 3.08. The van der Waals surface area contributed by atoms with Gasteiger partial charge in [-0.2, -0.15) is 0 Å². The number of nitrogens with zero attached hydrogens (tertiary/aromatic N) is 2. The molecular formula is C20H20N2. The van der Waals surface area contributed by atoms with Crippen molar-refractivity contribution in [2.45, 2.75) is 19.9 Å². The van der Waals surface area contributed by atoms with Gasteiger partial charge in [-0.05, 0) is 47.9 Å².